The van der Waals surface area contributed by atoms with Crippen molar-refractivity contribution >= 4 is 11.4 Å². The summed E-state index contributed by atoms with van der Waals surface area (Å²) in [7, 11) is 0. The summed E-state index contributed by atoms with van der Waals surface area (Å²) < 4.78 is 14.1. The fraction of sp³-hybridized carbons (Fsp3) is 0.750. The Morgan fingerprint density at radius 1 is 0.833 bits per heavy atom. The molecule has 2 aliphatic heterocycles. The number of fused-ring (bicyclic) bond motifs is 2. The number of benzene rings is 1. The van der Waals surface area contributed by atoms with Crippen molar-refractivity contribution in [2.75, 3.05) is 5.06 Å². The van der Waals surface area contributed by atoms with Crippen LogP contribution in [-0.2, 0) is 20.7 Å². The van der Waals surface area contributed by atoms with Crippen molar-refractivity contribution in [2.24, 2.45) is 0 Å². The van der Waals surface area contributed by atoms with Gasteiger partial charge in [0.25, 0.3) is 5.69 Å². The Bertz CT molecular complexity index is 879. The zero-order valence-electron chi connectivity index (χ0n) is 18.8. The molecular weight excluding hydrogens is 380 g/mol. The Labute approximate surface area is 179 Å². The van der Waals surface area contributed by atoms with Crippen LogP contribution in [0.15, 0.2) is 12.1 Å². The molecule has 1 aromatic rings. The van der Waals surface area contributed by atoms with Gasteiger partial charge in [0, 0.05) is 35.1 Å². The number of nitroso groups, excluding NO2 is 1. The standard InChI is InChI=1S/C24H34N2O4/c1-21(2)17-15-18-20(16-19(17)25(27)23(29-21)11-7-5-8-12-23)26(28)24(30-22(18,3)4)13-9-6-10-14-24/h15-16H,5-14H2,1-4H3. The number of hydroxylamine groups is 1. The van der Waals surface area contributed by atoms with Gasteiger partial charge in [0.15, 0.2) is 0 Å². The fourth-order valence-electron chi connectivity index (χ4n) is 6.28. The number of ether oxygens (including phenoxy) is 2. The van der Waals surface area contributed by atoms with Crippen LogP contribution in [0.25, 0.3) is 0 Å². The second-order valence-electron chi connectivity index (χ2n) is 10.7. The third kappa shape index (κ3) is 2.80. The summed E-state index contributed by atoms with van der Waals surface area (Å²) in [5.74, 6) is 0. The highest BCUT2D eigenvalue weighted by atomic mass is 16.6. The van der Waals surface area contributed by atoms with Crippen molar-refractivity contribution in [3.63, 3.8) is 0 Å². The molecule has 164 valence electrons. The SMILES string of the molecule is CC1(C)OC2(CCCCC2)N([O-])c2cc3c(cc21)C(C)(C)OC1(CCCCC1)[N+]3=O. The van der Waals surface area contributed by atoms with Gasteiger partial charge in [-0.3, -0.25) is 0 Å². The quantitative estimate of drug-likeness (QED) is 0.469. The Kier molecular flexibility index (Phi) is 4.42. The predicted octanol–water partition coefficient (Wildman–Crippen LogP) is 6.25. The first-order valence-electron chi connectivity index (χ1n) is 11.6. The molecule has 2 fully saturated rings. The summed E-state index contributed by atoms with van der Waals surface area (Å²) in [6.45, 7) is 8.15. The molecule has 0 bridgehead atoms. The number of nitrogens with zero attached hydrogens (tertiary/aromatic N) is 2. The highest BCUT2D eigenvalue weighted by Gasteiger charge is 2.59. The summed E-state index contributed by atoms with van der Waals surface area (Å²) in [4.78, 5) is 13.6. The van der Waals surface area contributed by atoms with E-state index in [9.17, 15) is 10.1 Å². The van der Waals surface area contributed by atoms with Gasteiger partial charge in [0.2, 0.25) is 0 Å². The molecule has 6 nitrogen and oxygen atoms in total. The van der Waals surface area contributed by atoms with Crippen molar-refractivity contribution in [3.05, 3.63) is 33.4 Å². The summed E-state index contributed by atoms with van der Waals surface area (Å²) >= 11 is 0. The van der Waals surface area contributed by atoms with Gasteiger partial charge in [0.1, 0.15) is 11.3 Å². The van der Waals surface area contributed by atoms with Crippen LogP contribution in [0.1, 0.15) is 103 Å². The molecule has 0 unspecified atom stereocenters. The first-order valence-corrected chi connectivity index (χ1v) is 11.6. The summed E-state index contributed by atoms with van der Waals surface area (Å²) in [5, 5.41) is 14.7. The van der Waals surface area contributed by atoms with Crippen LogP contribution in [0.2, 0.25) is 0 Å². The van der Waals surface area contributed by atoms with Crippen molar-refractivity contribution in [2.45, 2.75) is 115 Å². The van der Waals surface area contributed by atoms with E-state index < -0.39 is 22.7 Å². The summed E-state index contributed by atoms with van der Waals surface area (Å²) in [6.07, 6.45) is 9.18. The maximum Gasteiger partial charge on any atom is 0.321 e. The molecule has 0 saturated heterocycles. The van der Waals surface area contributed by atoms with Gasteiger partial charge in [0.05, 0.1) is 15.9 Å². The van der Waals surface area contributed by atoms with E-state index >= 15 is 0 Å². The van der Waals surface area contributed by atoms with Crippen LogP contribution < -0.4 is 5.06 Å². The molecule has 6 heteroatoms. The molecule has 2 saturated carbocycles. The third-order valence-electron chi connectivity index (χ3n) is 7.75. The minimum absolute atomic E-state index is 0.594. The second kappa shape index (κ2) is 6.50. The smallest absolute Gasteiger partial charge is 0.321 e. The first-order chi connectivity index (χ1) is 14.1. The van der Waals surface area contributed by atoms with Crippen LogP contribution in [0.4, 0.5) is 11.4 Å². The minimum Gasteiger partial charge on any atom is -0.756 e. The molecule has 0 amide bonds. The van der Waals surface area contributed by atoms with E-state index in [0.29, 0.717) is 11.4 Å². The lowest BCUT2D eigenvalue weighted by Crippen LogP contribution is -2.57. The maximum absolute atomic E-state index is 13.6. The van der Waals surface area contributed by atoms with E-state index in [2.05, 4.69) is 0 Å². The lowest BCUT2D eigenvalue weighted by atomic mass is 9.80. The van der Waals surface area contributed by atoms with Gasteiger partial charge in [-0.2, -0.15) is 0 Å². The monoisotopic (exact) mass is 414 g/mol. The molecule has 1 aromatic carbocycles. The zero-order valence-corrected chi connectivity index (χ0v) is 18.8. The normalized spacial score (nSPS) is 28.3. The number of hydrogen-bond acceptors (Lipinski definition) is 5. The van der Waals surface area contributed by atoms with Gasteiger partial charge < -0.3 is 19.7 Å². The number of rotatable bonds is 0. The molecule has 2 spiro atoms. The lowest BCUT2D eigenvalue weighted by molar-refractivity contribution is -0.643. The Morgan fingerprint density at radius 3 is 2.03 bits per heavy atom. The van der Waals surface area contributed by atoms with Crippen molar-refractivity contribution < 1.29 is 14.2 Å². The maximum atomic E-state index is 13.6. The molecule has 0 atom stereocenters. The molecule has 30 heavy (non-hydrogen) atoms. The highest BCUT2D eigenvalue weighted by Crippen LogP contribution is 2.55. The summed E-state index contributed by atoms with van der Waals surface area (Å²) in [5.41, 5.74) is 0.0283. The van der Waals surface area contributed by atoms with Gasteiger partial charge >= 0.3 is 5.72 Å². The van der Waals surface area contributed by atoms with Crippen LogP contribution in [0.5, 0.6) is 0 Å². The van der Waals surface area contributed by atoms with Gasteiger partial charge in [-0.1, -0.05) is 12.8 Å². The minimum atomic E-state index is -0.820. The van der Waals surface area contributed by atoms with E-state index in [0.717, 1.165) is 85.2 Å². The van der Waals surface area contributed by atoms with E-state index in [1.807, 2.05) is 39.8 Å². The molecular formula is C24H34N2O4. The molecule has 2 heterocycles. The summed E-state index contributed by atoms with van der Waals surface area (Å²) in [6, 6.07) is 3.83. The third-order valence-corrected chi connectivity index (χ3v) is 7.75. The largest absolute Gasteiger partial charge is 0.756 e. The van der Waals surface area contributed by atoms with Gasteiger partial charge in [-0.05, 0) is 72.3 Å². The van der Waals surface area contributed by atoms with E-state index in [1.54, 1.807) is 0 Å². The van der Waals surface area contributed by atoms with Crippen molar-refractivity contribution in [1.82, 2.24) is 0 Å². The average molecular weight is 415 g/mol. The van der Waals surface area contributed by atoms with E-state index in [4.69, 9.17) is 9.47 Å². The molecule has 0 radical (unpaired) electrons. The molecule has 4 aliphatic rings. The Morgan fingerprint density at radius 2 is 1.40 bits per heavy atom. The van der Waals surface area contributed by atoms with E-state index in [-0.39, 0.29) is 0 Å². The van der Waals surface area contributed by atoms with Crippen LogP contribution in [0.3, 0.4) is 0 Å². The van der Waals surface area contributed by atoms with Crippen LogP contribution in [0, 0.1) is 10.1 Å². The topological polar surface area (TPSA) is 64.8 Å². The fourth-order valence-corrected chi connectivity index (χ4v) is 6.28. The molecule has 2 aliphatic carbocycles. The van der Waals surface area contributed by atoms with E-state index in [1.165, 1.54) is 0 Å². The highest BCUT2D eigenvalue weighted by molar-refractivity contribution is 5.68. The average Bonchev–Trinajstić information content (AvgIpc) is 2.71. The second-order valence-corrected chi connectivity index (χ2v) is 10.7. The lowest BCUT2D eigenvalue weighted by Gasteiger charge is -2.59. The Balaban J connectivity index is 1.67. The van der Waals surface area contributed by atoms with Crippen molar-refractivity contribution in [1.29, 1.82) is 0 Å². The molecule has 5 rings (SSSR count). The van der Waals surface area contributed by atoms with Crippen LogP contribution >= 0.6 is 0 Å². The predicted molar refractivity (Wildman–Crippen MR) is 115 cm³/mol. The Hall–Kier alpha value is -1.50. The number of anilines is 1. The molecule has 0 aromatic heterocycles. The zero-order chi connectivity index (χ0) is 21.4. The first kappa shape index (κ1) is 20.4. The van der Waals surface area contributed by atoms with Crippen molar-refractivity contribution in [3.8, 4) is 0 Å². The van der Waals surface area contributed by atoms with Gasteiger partial charge in [-0.15, -0.1) is 0 Å². The van der Waals surface area contributed by atoms with Gasteiger partial charge in [-0.25, -0.2) is 0 Å². The number of hydrogen-bond donors (Lipinski definition) is 0. The molecule has 0 N–H and O–H groups in total. The van der Waals surface area contributed by atoms with Crippen LogP contribution in [-0.4, -0.2) is 16.2 Å².